The monoisotopic (exact) mass is 302 g/mol. The lowest BCUT2D eigenvalue weighted by Crippen LogP contribution is -2.24. The highest BCUT2D eigenvalue weighted by molar-refractivity contribution is 6.30. The summed E-state index contributed by atoms with van der Waals surface area (Å²) in [4.78, 5) is 4.58. The van der Waals surface area contributed by atoms with Crippen LogP contribution in [0.2, 0.25) is 5.02 Å². The topological polar surface area (TPSA) is 24.9 Å². The van der Waals surface area contributed by atoms with Crippen molar-refractivity contribution in [2.24, 2.45) is 0 Å². The van der Waals surface area contributed by atoms with Crippen LogP contribution in [0.1, 0.15) is 42.3 Å². The molecule has 0 saturated heterocycles. The second-order valence-corrected chi connectivity index (χ2v) is 5.76. The molecule has 3 heteroatoms. The highest BCUT2D eigenvalue weighted by Gasteiger charge is 2.14. The third kappa shape index (κ3) is 4.29. The van der Waals surface area contributed by atoms with E-state index in [1.807, 2.05) is 18.3 Å². The summed E-state index contributed by atoms with van der Waals surface area (Å²) in [6, 6.07) is 10.7. The van der Waals surface area contributed by atoms with Crippen molar-refractivity contribution < 1.29 is 0 Å². The van der Waals surface area contributed by atoms with Crippen LogP contribution in [-0.4, -0.2) is 11.5 Å². The Bertz CT molecular complexity index is 578. The second kappa shape index (κ2) is 7.58. The fraction of sp³-hybridized carbons (Fsp3) is 0.389. The number of nitrogens with one attached hydrogen (secondary N) is 1. The van der Waals surface area contributed by atoms with Crippen molar-refractivity contribution in [1.82, 2.24) is 10.3 Å². The molecule has 0 fully saturated rings. The molecule has 1 N–H and O–H groups in total. The van der Waals surface area contributed by atoms with Gasteiger partial charge in [0.25, 0.3) is 0 Å². The third-order valence-electron chi connectivity index (χ3n) is 3.77. The van der Waals surface area contributed by atoms with Crippen molar-refractivity contribution in [1.29, 1.82) is 0 Å². The van der Waals surface area contributed by atoms with Gasteiger partial charge in [0.15, 0.2) is 0 Å². The van der Waals surface area contributed by atoms with Gasteiger partial charge in [0, 0.05) is 29.4 Å². The minimum Gasteiger partial charge on any atom is -0.310 e. The maximum atomic E-state index is 6.06. The van der Waals surface area contributed by atoms with Gasteiger partial charge in [0.05, 0.1) is 0 Å². The molecule has 1 aromatic carbocycles. The molecule has 0 saturated carbocycles. The van der Waals surface area contributed by atoms with Gasteiger partial charge in [-0.15, -0.1) is 0 Å². The maximum absolute atomic E-state index is 6.06. The summed E-state index contributed by atoms with van der Waals surface area (Å²) in [5, 5.41) is 4.34. The molecular weight excluding hydrogens is 280 g/mol. The summed E-state index contributed by atoms with van der Waals surface area (Å²) in [6.45, 7) is 7.32. The lowest BCUT2D eigenvalue weighted by molar-refractivity contribution is 0.541. The van der Waals surface area contributed by atoms with E-state index in [9.17, 15) is 0 Å². The van der Waals surface area contributed by atoms with Crippen molar-refractivity contribution in [3.63, 3.8) is 0 Å². The summed E-state index contributed by atoms with van der Waals surface area (Å²) in [5.41, 5.74) is 4.91. The van der Waals surface area contributed by atoms with Gasteiger partial charge in [-0.2, -0.15) is 0 Å². The fourth-order valence-electron chi connectivity index (χ4n) is 2.56. The first-order valence-electron chi connectivity index (χ1n) is 7.57. The second-order valence-electron chi connectivity index (χ2n) is 5.33. The average Bonchev–Trinajstić information content (AvgIpc) is 2.48. The molecule has 2 rings (SSSR count). The zero-order chi connectivity index (χ0) is 15.2. The minimum absolute atomic E-state index is 0.271. The lowest BCUT2D eigenvalue weighted by atomic mass is 9.97. The van der Waals surface area contributed by atoms with Crippen molar-refractivity contribution in [2.75, 3.05) is 6.54 Å². The SMILES string of the molecule is CCNC(Cc1ccc(CC)cn1)c1ccc(Cl)cc1C. The summed E-state index contributed by atoms with van der Waals surface area (Å²) in [5.74, 6) is 0. The van der Waals surface area contributed by atoms with Gasteiger partial charge in [0.2, 0.25) is 0 Å². The number of pyridine rings is 1. The average molecular weight is 303 g/mol. The summed E-state index contributed by atoms with van der Waals surface area (Å²) < 4.78 is 0. The van der Waals surface area contributed by atoms with E-state index in [4.69, 9.17) is 11.6 Å². The maximum Gasteiger partial charge on any atom is 0.0422 e. The van der Waals surface area contributed by atoms with Gasteiger partial charge in [-0.05, 0) is 54.8 Å². The molecule has 2 nitrogen and oxygen atoms in total. The molecular formula is C18H23ClN2. The molecule has 0 aliphatic heterocycles. The van der Waals surface area contributed by atoms with Gasteiger partial charge in [-0.1, -0.05) is 37.6 Å². The van der Waals surface area contributed by atoms with E-state index >= 15 is 0 Å². The standard InChI is InChI=1S/C18H23ClN2/c1-4-14-6-8-16(21-12-14)11-18(20-5-2)17-9-7-15(19)10-13(17)3/h6-10,12,18,20H,4-5,11H2,1-3H3. The van der Waals surface area contributed by atoms with Crippen molar-refractivity contribution in [3.8, 4) is 0 Å². The third-order valence-corrected chi connectivity index (χ3v) is 4.00. The predicted octanol–water partition coefficient (Wildman–Crippen LogP) is 4.50. The minimum atomic E-state index is 0.271. The van der Waals surface area contributed by atoms with Gasteiger partial charge in [0.1, 0.15) is 0 Å². The van der Waals surface area contributed by atoms with Crippen LogP contribution in [0, 0.1) is 6.92 Å². The first-order chi connectivity index (χ1) is 10.1. The number of aryl methyl sites for hydroxylation is 2. The van der Waals surface area contributed by atoms with Crippen LogP contribution in [0.3, 0.4) is 0 Å². The Morgan fingerprint density at radius 2 is 2.00 bits per heavy atom. The van der Waals surface area contributed by atoms with Crippen LogP contribution in [0.15, 0.2) is 36.5 Å². The number of hydrogen-bond acceptors (Lipinski definition) is 2. The first-order valence-corrected chi connectivity index (χ1v) is 7.95. The summed E-state index contributed by atoms with van der Waals surface area (Å²) in [7, 11) is 0. The molecule has 21 heavy (non-hydrogen) atoms. The molecule has 2 aromatic rings. The Morgan fingerprint density at radius 1 is 1.19 bits per heavy atom. The number of hydrogen-bond donors (Lipinski definition) is 1. The van der Waals surface area contributed by atoms with Gasteiger partial charge < -0.3 is 5.32 Å². The summed E-state index contributed by atoms with van der Waals surface area (Å²) in [6.07, 6.45) is 3.90. The van der Waals surface area contributed by atoms with E-state index in [1.165, 1.54) is 16.7 Å². The number of aromatic nitrogens is 1. The molecule has 112 valence electrons. The number of nitrogens with zero attached hydrogens (tertiary/aromatic N) is 1. The molecule has 0 bridgehead atoms. The highest BCUT2D eigenvalue weighted by Crippen LogP contribution is 2.24. The Balaban J connectivity index is 2.21. The van der Waals surface area contributed by atoms with E-state index in [0.717, 1.165) is 30.1 Å². The predicted molar refractivity (Wildman–Crippen MR) is 89.9 cm³/mol. The van der Waals surface area contributed by atoms with Gasteiger partial charge in [-0.3, -0.25) is 4.98 Å². The van der Waals surface area contributed by atoms with Gasteiger partial charge >= 0.3 is 0 Å². The van der Waals surface area contributed by atoms with E-state index in [1.54, 1.807) is 0 Å². The Labute approximate surface area is 132 Å². The van der Waals surface area contributed by atoms with Crippen LogP contribution in [0.25, 0.3) is 0 Å². The number of benzene rings is 1. The number of halogens is 1. The molecule has 0 spiro atoms. The quantitative estimate of drug-likeness (QED) is 0.850. The van der Waals surface area contributed by atoms with Crippen molar-refractivity contribution >= 4 is 11.6 Å². The van der Waals surface area contributed by atoms with Crippen LogP contribution in [0.5, 0.6) is 0 Å². The Morgan fingerprint density at radius 3 is 2.57 bits per heavy atom. The smallest absolute Gasteiger partial charge is 0.0422 e. The van der Waals surface area contributed by atoms with Crippen LogP contribution >= 0.6 is 11.6 Å². The van der Waals surface area contributed by atoms with Crippen molar-refractivity contribution in [3.05, 3.63) is 63.9 Å². The van der Waals surface area contributed by atoms with E-state index < -0.39 is 0 Å². The molecule has 0 aliphatic rings. The first kappa shape index (κ1) is 16.0. The number of rotatable bonds is 6. The molecule has 0 aliphatic carbocycles. The largest absolute Gasteiger partial charge is 0.310 e. The van der Waals surface area contributed by atoms with Gasteiger partial charge in [-0.25, -0.2) is 0 Å². The van der Waals surface area contributed by atoms with E-state index in [0.29, 0.717) is 0 Å². The molecule has 1 heterocycles. The Kier molecular flexibility index (Phi) is 5.77. The van der Waals surface area contributed by atoms with Crippen molar-refractivity contribution in [2.45, 2.75) is 39.7 Å². The Hall–Kier alpha value is -1.38. The number of likely N-dealkylation sites (N-methyl/N-ethyl adjacent to an activating group) is 1. The zero-order valence-electron chi connectivity index (χ0n) is 13.0. The molecule has 0 radical (unpaired) electrons. The molecule has 1 aromatic heterocycles. The fourth-order valence-corrected chi connectivity index (χ4v) is 2.79. The van der Waals surface area contributed by atoms with E-state index in [2.05, 4.69) is 49.3 Å². The highest BCUT2D eigenvalue weighted by atomic mass is 35.5. The lowest BCUT2D eigenvalue weighted by Gasteiger charge is -2.20. The van der Waals surface area contributed by atoms with Crippen LogP contribution in [-0.2, 0) is 12.8 Å². The molecule has 1 unspecified atom stereocenters. The zero-order valence-corrected chi connectivity index (χ0v) is 13.7. The van der Waals surface area contributed by atoms with E-state index in [-0.39, 0.29) is 6.04 Å². The molecule has 0 amide bonds. The van der Waals surface area contributed by atoms with Crippen LogP contribution < -0.4 is 5.32 Å². The summed E-state index contributed by atoms with van der Waals surface area (Å²) >= 11 is 6.06. The normalized spacial score (nSPS) is 12.4. The molecule has 1 atom stereocenters. The van der Waals surface area contributed by atoms with Crippen LogP contribution in [0.4, 0.5) is 0 Å².